The maximum Gasteiger partial charge on any atom is 0.369 e. The van der Waals surface area contributed by atoms with Gasteiger partial charge in [0, 0.05) is 7.11 Å². The summed E-state index contributed by atoms with van der Waals surface area (Å²) in [6.07, 6.45) is 0.978. The van der Waals surface area contributed by atoms with E-state index in [2.05, 4.69) is 39.5 Å². The van der Waals surface area contributed by atoms with E-state index in [1.165, 1.54) is 5.19 Å². The molecule has 0 aliphatic carbocycles. The minimum absolute atomic E-state index is 0.132. The van der Waals surface area contributed by atoms with E-state index in [0.29, 0.717) is 0 Å². The van der Waals surface area contributed by atoms with E-state index in [1.54, 1.807) is 7.11 Å². The lowest BCUT2D eigenvalue weighted by Crippen LogP contribution is -2.54. The van der Waals surface area contributed by atoms with Crippen LogP contribution in [0.4, 0.5) is 0 Å². The quantitative estimate of drug-likeness (QED) is 0.734. The Morgan fingerprint density at radius 2 is 1.75 bits per heavy atom. The summed E-state index contributed by atoms with van der Waals surface area (Å²) >= 11 is 0. The van der Waals surface area contributed by atoms with Crippen LogP contribution in [0, 0.1) is 0 Å². The molecule has 3 heteroatoms. The van der Waals surface area contributed by atoms with E-state index in [1.807, 2.05) is 18.2 Å². The van der Waals surface area contributed by atoms with Crippen molar-refractivity contribution in [1.82, 2.24) is 0 Å². The molecule has 0 radical (unpaired) electrons. The molecule has 16 heavy (non-hydrogen) atoms. The normalized spacial score (nSPS) is 15.8. The molecule has 0 saturated carbocycles. The minimum atomic E-state index is -2.26. The highest BCUT2D eigenvalue weighted by atomic mass is 28.4. The van der Waals surface area contributed by atoms with Gasteiger partial charge in [-0.3, -0.25) is 0 Å². The van der Waals surface area contributed by atoms with Crippen LogP contribution in [-0.2, 0) is 8.85 Å². The average molecular weight is 238 g/mol. The number of rotatable bonds is 5. The van der Waals surface area contributed by atoms with E-state index < -0.39 is 8.56 Å². The van der Waals surface area contributed by atoms with Gasteiger partial charge in [-0.15, -0.1) is 0 Å². The van der Waals surface area contributed by atoms with Gasteiger partial charge in [-0.25, -0.2) is 0 Å². The summed E-state index contributed by atoms with van der Waals surface area (Å²) in [4.78, 5) is 0. The topological polar surface area (TPSA) is 18.5 Å². The van der Waals surface area contributed by atoms with Crippen LogP contribution < -0.4 is 5.19 Å². The smallest absolute Gasteiger partial charge is 0.369 e. The molecule has 0 aliphatic rings. The van der Waals surface area contributed by atoms with E-state index >= 15 is 0 Å². The fourth-order valence-electron chi connectivity index (χ4n) is 1.56. The summed E-state index contributed by atoms with van der Waals surface area (Å²) in [7, 11) is -0.515. The molecular formula is C13H22O2Si. The Morgan fingerprint density at radius 3 is 2.19 bits per heavy atom. The molecule has 90 valence electrons. The van der Waals surface area contributed by atoms with Crippen LogP contribution in [0.5, 0.6) is 0 Å². The van der Waals surface area contributed by atoms with Crippen molar-refractivity contribution in [3.63, 3.8) is 0 Å². The summed E-state index contributed by atoms with van der Waals surface area (Å²) in [5.74, 6) is 0. The van der Waals surface area contributed by atoms with Crippen LogP contribution in [0.25, 0.3) is 0 Å². The largest absolute Gasteiger partial charge is 0.394 e. The Balaban J connectivity index is 2.95. The van der Waals surface area contributed by atoms with Gasteiger partial charge < -0.3 is 8.85 Å². The maximum absolute atomic E-state index is 6.23. The van der Waals surface area contributed by atoms with Gasteiger partial charge in [0.15, 0.2) is 0 Å². The molecule has 0 spiro atoms. The SMILES string of the molecule is CCC(C)(C)O[Si](C)(OC)c1ccccc1. The van der Waals surface area contributed by atoms with Gasteiger partial charge in [-0.2, -0.15) is 0 Å². The van der Waals surface area contributed by atoms with Gasteiger partial charge in [-0.05, 0) is 32.0 Å². The molecule has 1 rings (SSSR count). The van der Waals surface area contributed by atoms with Crippen LogP contribution >= 0.6 is 0 Å². The van der Waals surface area contributed by atoms with Gasteiger partial charge in [0.1, 0.15) is 0 Å². The lowest BCUT2D eigenvalue weighted by molar-refractivity contribution is 0.0636. The average Bonchev–Trinajstić information content (AvgIpc) is 2.29. The molecule has 1 unspecified atom stereocenters. The predicted molar refractivity (Wildman–Crippen MR) is 70.2 cm³/mol. The van der Waals surface area contributed by atoms with E-state index in [-0.39, 0.29) is 5.60 Å². The van der Waals surface area contributed by atoms with Gasteiger partial charge >= 0.3 is 8.56 Å². The first-order chi connectivity index (χ1) is 7.43. The van der Waals surface area contributed by atoms with Crippen molar-refractivity contribution in [2.24, 2.45) is 0 Å². The summed E-state index contributed by atoms with van der Waals surface area (Å²) in [5.41, 5.74) is -0.132. The van der Waals surface area contributed by atoms with Crippen LogP contribution in [0.3, 0.4) is 0 Å². The van der Waals surface area contributed by atoms with Crippen LogP contribution in [0.1, 0.15) is 27.2 Å². The monoisotopic (exact) mass is 238 g/mol. The van der Waals surface area contributed by atoms with Crippen molar-refractivity contribution in [2.45, 2.75) is 39.3 Å². The van der Waals surface area contributed by atoms with Crippen molar-refractivity contribution < 1.29 is 8.85 Å². The molecule has 0 aromatic heterocycles. The second kappa shape index (κ2) is 5.12. The third-order valence-electron chi connectivity index (χ3n) is 3.01. The highest BCUT2D eigenvalue weighted by Gasteiger charge is 2.38. The Hall–Kier alpha value is -0.643. The standard InChI is InChI=1S/C13H22O2Si/c1-6-13(2,3)15-16(5,14-4)12-10-8-7-9-11-12/h7-11H,6H2,1-5H3. The fraction of sp³-hybridized carbons (Fsp3) is 0.538. The first kappa shape index (κ1) is 13.4. The molecule has 1 aromatic carbocycles. The highest BCUT2D eigenvalue weighted by Crippen LogP contribution is 2.21. The van der Waals surface area contributed by atoms with Crippen LogP contribution in [-0.4, -0.2) is 21.3 Å². The Labute approximate surface area is 99.8 Å². The first-order valence-corrected chi connectivity index (χ1v) is 8.06. The zero-order chi connectivity index (χ0) is 12.2. The molecule has 0 bridgehead atoms. The number of hydrogen-bond donors (Lipinski definition) is 0. The minimum Gasteiger partial charge on any atom is -0.394 e. The molecule has 0 amide bonds. The zero-order valence-electron chi connectivity index (χ0n) is 10.9. The molecule has 0 N–H and O–H groups in total. The third-order valence-corrected chi connectivity index (χ3v) is 6.11. The molecule has 0 saturated heterocycles. The predicted octanol–water partition coefficient (Wildman–Crippen LogP) is 2.82. The van der Waals surface area contributed by atoms with Crippen molar-refractivity contribution in [1.29, 1.82) is 0 Å². The summed E-state index contributed by atoms with van der Waals surface area (Å²) in [5, 5.41) is 1.18. The molecule has 0 aliphatic heterocycles. The zero-order valence-corrected chi connectivity index (χ0v) is 11.9. The van der Waals surface area contributed by atoms with Gasteiger partial charge in [0.05, 0.1) is 5.60 Å². The maximum atomic E-state index is 6.23. The molecule has 1 atom stereocenters. The lowest BCUT2D eigenvalue weighted by atomic mass is 10.1. The van der Waals surface area contributed by atoms with Crippen molar-refractivity contribution in [2.75, 3.05) is 7.11 Å². The second-order valence-corrected chi connectivity index (χ2v) is 7.81. The van der Waals surface area contributed by atoms with Crippen LogP contribution in [0.15, 0.2) is 30.3 Å². The molecule has 0 heterocycles. The molecule has 0 fully saturated rings. The number of benzene rings is 1. The summed E-state index contributed by atoms with van der Waals surface area (Å²) in [6, 6.07) is 10.2. The Kier molecular flexibility index (Phi) is 4.30. The van der Waals surface area contributed by atoms with Crippen molar-refractivity contribution in [3.8, 4) is 0 Å². The molecule has 1 aromatic rings. The van der Waals surface area contributed by atoms with Crippen molar-refractivity contribution >= 4 is 13.7 Å². The lowest BCUT2D eigenvalue weighted by Gasteiger charge is -2.35. The van der Waals surface area contributed by atoms with Crippen LogP contribution in [0.2, 0.25) is 6.55 Å². The Morgan fingerprint density at radius 1 is 1.19 bits per heavy atom. The fourth-order valence-corrected chi connectivity index (χ4v) is 3.99. The van der Waals surface area contributed by atoms with E-state index in [4.69, 9.17) is 8.85 Å². The molecule has 2 nitrogen and oxygen atoms in total. The Bertz CT molecular complexity index is 324. The molecular weight excluding hydrogens is 216 g/mol. The number of hydrogen-bond acceptors (Lipinski definition) is 2. The van der Waals surface area contributed by atoms with Gasteiger partial charge in [0.25, 0.3) is 0 Å². The third kappa shape index (κ3) is 3.17. The van der Waals surface area contributed by atoms with E-state index in [9.17, 15) is 0 Å². The van der Waals surface area contributed by atoms with E-state index in [0.717, 1.165) is 6.42 Å². The summed E-state index contributed by atoms with van der Waals surface area (Å²) < 4.78 is 11.9. The van der Waals surface area contributed by atoms with Crippen molar-refractivity contribution in [3.05, 3.63) is 30.3 Å². The van der Waals surface area contributed by atoms with Gasteiger partial charge in [-0.1, -0.05) is 37.3 Å². The second-order valence-electron chi connectivity index (χ2n) is 4.73. The van der Waals surface area contributed by atoms with Gasteiger partial charge in [0.2, 0.25) is 0 Å². The first-order valence-electron chi connectivity index (χ1n) is 5.74. The highest BCUT2D eigenvalue weighted by molar-refractivity contribution is 6.80. The summed E-state index contributed by atoms with van der Waals surface area (Å²) in [6.45, 7) is 8.45.